The summed E-state index contributed by atoms with van der Waals surface area (Å²) in [6.07, 6.45) is 1.55. The highest BCUT2D eigenvalue weighted by molar-refractivity contribution is 5.82. The van der Waals surface area contributed by atoms with Gasteiger partial charge in [0.15, 0.2) is 0 Å². The molecule has 2 heterocycles. The van der Waals surface area contributed by atoms with Gasteiger partial charge in [0.1, 0.15) is 18.1 Å². The first-order valence-electron chi connectivity index (χ1n) is 8.54. The predicted octanol–water partition coefficient (Wildman–Crippen LogP) is 1.21. The van der Waals surface area contributed by atoms with Crippen LogP contribution in [0.4, 0.5) is 0 Å². The van der Waals surface area contributed by atoms with Crippen LogP contribution in [-0.2, 0) is 19.1 Å². The monoisotopic (exact) mass is 352 g/mol. The van der Waals surface area contributed by atoms with Gasteiger partial charge >= 0.3 is 11.7 Å². The van der Waals surface area contributed by atoms with E-state index in [2.05, 4.69) is 4.98 Å². The molecule has 1 saturated heterocycles. The average molecular weight is 352 g/mol. The molecule has 138 valence electrons. The summed E-state index contributed by atoms with van der Waals surface area (Å²) in [5.74, 6) is -0.431. The Balaban J connectivity index is 2.06. The van der Waals surface area contributed by atoms with E-state index < -0.39 is 29.6 Å². The summed E-state index contributed by atoms with van der Waals surface area (Å²) in [5.41, 5.74) is -0.597. The topological polar surface area (TPSA) is 107 Å². The molecule has 1 aromatic rings. The number of nitrogens with one attached hydrogen (secondary N) is 1. The van der Waals surface area contributed by atoms with Crippen LogP contribution in [0.3, 0.4) is 0 Å². The van der Waals surface area contributed by atoms with E-state index in [0.29, 0.717) is 24.8 Å². The molecule has 25 heavy (non-hydrogen) atoms. The number of carbonyl (C=O) groups excluding carboxylic acids is 2. The van der Waals surface area contributed by atoms with Crippen LogP contribution in [0, 0.1) is 6.92 Å². The van der Waals surface area contributed by atoms with Crippen LogP contribution in [0.15, 0.2) is 15.8 Å². The van der Waals surface area contributed by atoms with Crippen molar-refractivity contribution in [2.75, 3.05) is 0 Å². The smallest absolute Gasteiger partial charge is 0.330 e. The number of H-pyrrole nitrogens is 1. The van der Waals surface area contributed by atoms with Gasteiger partial charge in [0.05, 0.1) is 12.5 Å². The van der Waals surface area contributed by atoms with E-state index in [-0.39, 0.29) is 24.7 Å². The minimum Gasteiger partial charge on any atom is -0.459 e. The summed E-state index contributed by atoms with van der Waals surface area (Å²) in [7, 11) is 0. The van der Waals surface area contributed by atoms with Gasteiger partial charge in [-0.2, -0.15) is 0 Å². The van der Waals surface area contributed by atoms with Crippen LogP contribution in [0.25, 0.3) is 0 Å². The molecule has 1 N–H and O–H groups in total. The minimum atomic E-state index is -0.608. The van der Waals surface area contributed by atoms with E-state index in [0.717, 1.165) is 0 Å². The second-order valence-corrected chi connectivity index (χ2v) is 6.17. The Bertz CT molecular complexity index is 750. The van der Waals surface area contributed by atoms with Gasteiger partial charge in [-0.3, -0.25) is 23.9 Å². The molecule has 2 rings (SSSR count). The summed E-state index contributed by atoms with van der Waals surface area (Å²) in [4.78, 5) is 49.0. The van der Waals surface area contributed by atoms with Gasteiger partial charge in [0, 0.05) is 31.0 Å². The van der Waals surface area contributed by atoms with E-state index in [4.69, 9.17) is 9.47 Å². The molecule has 0 radical (unpaired) electrons. The quantitative estimate of drug-likeness (QED) is 0.739. The van der Waals surface area contributed by atoms with Gasteiger partial charge in [0.25, 0.3) is 5.56 Å². The SMILES string of the molecule is CCC(=O)CCC(=O)O[C@@H]1C[C@H](n2cc(C)c(=O)[nH]c2=O)O[C@@H]1CC. The van der Waals surface area contributed by atoms with Crippen molar-refractivity contribution in [1.82, 2.24) is 9.55 Å². The zero-order valence-electron chi connectivity index (χ0n) is 14.7. The van der Waals surface area contributed by atoms with Crippen molar-refractivity contribution < 1.29 is 19.1 Å². The number of aromatic amines is 1. The van der Waals surface area contributed by atoms with E-state index >= 15 is 0 Å². The van der Waals surface area contributed by atoms with E-state index in [9.17, 15) is 19.2 Å². The summed E-state index contributed by atoms with van der Waals surface area (Å²) < 4.78 is 12.6. The lowest BCUT2D eigenvalue weighted by atomic mass is 10.1. The second-order valence-electron chi connectivity index (χ2n) is 6.17. The number of nitrogens with zero attached hydrogens (tertiary/aromatic N) is 1. The number of esters is 1. The fourth-order valence-corrected chi connectivity index (χ4v) is 2.80. The Morgan fingerprint density at radius 3 is 2.68 bits per heavy atom. The van der Waals surface area contributed by atoms with Gasteiger partial charge in [-0.05, 0) is 13.3 Å². The molecule has 0 amide bonds. The highest BCUT2D eigenvalue weighted by Gasteiger charge is 2.38. The lowest BCUT2D eigenvalue weighted by molar-refractivity contribution is -0.152. The van der Waals surface area contributed by atoms with Crippen LogP contribution in [0.1, 0.15) is 57.7 Å². The molecule has 0 aromatic carbocycles. The number of ketones is 1. The third kappa shape index (κ3) is 4.66. The van der Waals surface area contributed by atoms with Crippen molar-refractivity contribution in [3.63, 3.8) is 0 Å². The van der Waals surface area contributed by atoms with Crippen LogP contribution < -0.4 is 11.2 Å². The summed E-state index contributed by atoms with van der Waals surface area (Å²) >= 11 is 0. The van der Waals surface area contributed by atoms with Crippen molar-refractivity contribution in [2.24, 2.45) is 0 Å². The number of rotatable bonds is 7. The van der Waals surface area contributed by atoms with Gasteiger partial charge in [-0.25, -0.2) is 4.79 Å². The molecule has 8 nitrogen and oxygen atoms in total. The van der Waals surface area contributed by atoms with Crippen LogP contribution in [0.5, 0.6) is 0 Å². The average Bonchev–Trinajstić information content (AvgIpc) is 2.98. The Labute approximate surface area is 145 Å². The number of carbonyl (C=O) groups is 2. The summed E-state index contributed by atoms with van der Waals surface area (Å²) in [6.45, 7) is 5.25. The molecule has 0 aliphatic carbocycles. The minimum absolute atomic E-state index is 0.0137. The normalized spacial score (nSPS) is 22.8. The highest BCUT2D eigenvalue weighted by atomic mass is 16.6. The number of aromatic nitrogens is 2. The standard InChI is InChI=1S/C17H24N2O6/c1-4-11(20)6-7-15(21)25-13-8-14(24-12(13)5-2)19-9-10(3)16(22)18-17(19)23/h9,12-14H,4-8H2,1-3H3,(H,18,22,23)/t12-,13-,14-/m1/s1. The lowest BCUT2D eigenvalue weighted by Crippen LogP contribution is -2.33. The first kappa shape index (κ1) is 19.1. The third-order valence-electron chi connectivity index (χ3n) is 4.32. The zero-order valence-corrected chi connectivity index (χ0v) is 14.7. The maximum atomic E-state index is 12.0. The Morgan fingerprint density at radius 2 is 2.04 bits per heavy atom. The summed E-state index contributed by atoms with van der Waals surface area (Å²) in [5, 5.41) is 0. The molecule has 1 aromatic heterocycles. The molecule has 0 unspecified atom stereocenters. The van der Waals surface area contributed by atoms with Gasteiger partial charge in [-0.15, -0.1) is 0 Å². The van der Waals surface area contributed by atoms with E-state index in [1.807, 2.05) is 6.92 Å². The van der Waals surface area contributed by atoms with Gasteiger partial charge in [0.2, 0.25) is 0 Å². The van der Waals surface area contributed by atoms with Crippen molar-refractivity contribution in [1.29, 1.82) is 0 Å². The molecule has 0 bridgehead atoms. The number of hydrogen-bond donors (Lipinski definition) is 1. The molecular weight excluding hydrogens is 328 g/mol. The van der Waals surface area contributed by atoms with Crippen molar-refractivity contribution in [3.05, 3.63) is 32.6 Å². The first-order chi connectivity index (χ1) is 11.8. The largest absolute Gasteiger partial charge is 0.459 e. The lowest BCUT2D eigenvalue weighted by Gasteiger charge is -2.17. The Morgan fingerprint density at radius 1 is 1.32 bits per heavy atom. The van der Waals surface area contributed by atoms with Gasteiger partial charge in [-0.1, -0.05) is 13.8 Å². The van der Waals surface area contributed by atoms with Crippen LogP contribution >= 0.6 is 0 Å². The molecule has 1 aliphatic heterocycles. The second kappa shape index (κ2) is 8.24. The van der Waals surface area contributed by atoms with Crippen LogP contribution in [0.2, 0.25) is 0 Å². The molecule has 1 fully saturated rings. The van der Waals surface area contributed by atoms with Gasteiger partial charge < -0.3 is 9.47 Å². The molecule has 0 spiro atoms. The Kier molecular flexibility index (Phi) is 6.30. The highest BCUT2D eigenvalue weighted by Crippen LogP contribution is 2.31. The zero-order chi connectivity index (χ0) is 18.6. The van der Waals surface area contributed by atoms with Crippen LogP contribution in [-0.4, -0.2) is 33.5 Å². The maximum Gasteiger partial charge on any atom is 0.330 e. The number of aryl methyl sites for hydroxylation is 1. The van der Waals surface area contributed by atoms with Crippen molar-refractivity contribution in [2.45, 2.75) is 71.3 Å². The van der Waals surface area contributed by atoms with E-state index in [1.54, 1.807) is 13.8 Å². The van der Waals surface area contributed by atoms with E-state index in [1.165, 1.54) is 10.8 Å². The maximum absolute atomic E-state index is 12.0. The molecular formula is C17H24N2O6. The number of ether oxygens (including phenoxy) is 2. The molecule has 1 aliphatic rings. The Hall–Kier alpha value is -2.22. The molecule has 8 heteroatoms. The number of hydrogen-bond acceptors (Lipinski definition) is 6. The fraction of sp³-hybridized carbons (Fsp3) is 0.647. The fourth-order valence-electron chi connectivity index (χ4n) is 2.80. The van der Waals surface area contributed by atoms with Crippen molar-refractivity contribution >= 4 is 11.8 Å². The summed E-state index contributed by atoms with van der Waals surface area (Å²) in [6, 6.07) is 0. The van der Waals surface area contributed by atoms with Crippen molar-refractivity contribution in [3.8, 4) is 0 Å². The molecule has 3 atom stereocenters. The predicted molar refractivity (Wildman–Crippen MR) is 89.3 cm³/mol. The first-order valence-corrected chi connectivity index (χ1v) is 8.54. The number of Topliss-reactive ketones (excluding diaryl/α,β-unsaturated/α-hetero) is 1. The third-order valence-corrected chi connectivity index (χ3v) is 4.32. The molecule has 0 saturated carbocycles.